The third kappa shape index (κ3) is 1.59. The number of aryl methyl sites for hydroxylation is 1. The van der Waals surface area contributed by atoms with Crippen LogP contribution in [-0.4, -0.2) is 4.98 Å². The van der Waals surface area contributed by atoms with Crippen LogP contribution in [0.1, 0.15) is 43.0 Å². The highest BCUT2D eigenvalue weighted by Crippen LogP contribution is 2.33. The molecule has 3 rings (SSSR count). The van der Waals surface area contributed by atoms with Crippen molar-refractivity contribution in [3.63, 3.8) is 0 Å². The van der Waals surface area contributed by atoms with Crippen LogP contribution in [0.3, 0.4) is 0 Å². The van der Waals surface area contributed by atoms with E-state index in [0.717, 1.165) is 29.4 Å². The summed E-state index contributed by atoms with van der Waals surface area (Å²) in [6.07, 6.45) is 3.37. The standard InChI is InChI=1S/C15H18N2/c1-9(2)10-6-7-14-12(8-10)15(16)11-4-3-5-13(11)17-14/h6-9H,3-5H2,1-2H3,(H2,16,17). The highest BCUT2D eigenvalue weighted by atomic mass is 14.7. The molecule has 0 amide bonds. The van der Waals surface area contributed by atoms with Crippen LogP contribution in [-0.2, 0) is 12.8 Å². The first-order chi connectivity index (χ1) is 8.16. The molecule has 0 radical (unpaired) electrons. The molecule has 2 aromatic rings. The fourth-order valence-corrected chi connectivity index (χ4v) is 2.68. The van der Waals surface area contributed by atoms with E-state index in [1.807, 2.05) is 0 Å². The Bertz CT molecular complexity index is 585. The van der Waals surface area contributed by atoms with Gasteiger partial charge in [-0.25, -0.2) is 0 Å². The number of fused-ring (bicyclic) bond motifs is 2. The van der Waals surface area contributed by atoms with Crippen LogP contribution < -0.4 is 5.73 Å². The molecule has 1 aromatic heterocycles. The van der Waals surface area contributed by atoms with Crippen LogP contribution in [0, 0.1) is 0 Å². The summed E-state index contributed by atoms with van der Waals surface area (Å²) in [5.41, 5.74) is 12.2. The number of nitrogens with zero attached hydrogens (tertiary/aromatic N) is 1. The Morgan fingerprint density at radius 1 is 1.24 bits per heavy atom. The second-order valence-electron chi connectivity index (χ2n) is 5.24. The normalized spacial score (nSPS) is 14.5. The lowest BCUT2D eigenvalue weighted by atomic mass is 9.99. The second-order valence-corrected chi connectivity index (χ2v) is 5.24. The van der Waals surface area contributed by atoms with Gasteiger partial charge < -0.3 is 5.73 Å². The van der Waals surface area contributed by atoms with E-state index in [9.17, 15) is 0 Å². The third-order valence-corrected chi connectivity index (χ3v) is 3.75. The van der Waals surface area contributed by atoms with E-state index in [1.165, 1.54) is 23.2 Å². The number of aromatic nitrogens is 1. The van der Waals surface area contributed by atoms with Gasteiger partial charge in [0, 0.05) is 16.8 Å². The van der Waals surface area contributed by atoms with Crippen molar-refractivity contribution in [2.45, 2.75) is 39.0 Å². The average Bonchev–Trinajstić information content (AvgIpc) is 2.77. The fourth-order valence-electron chi connectivity index (χ4n) is 2.68. The number of hydrogen-bond acceptors (Lipinski definition) is 2. The van der Waals surface area contributed by atoms with E-state index < -0.39 is 0 Å². The van der Waals surface area contributed by atoms with Crippen molar-refractivity contribution in [1.82, 2.24) is 4.98 Å². The molecule has 0 saturated carbocycles. The van der Waals surface area contributed by atoms with E-state index in [-0.39, 0.29) is 0 Å². The van der Waals surface area contributed by atoms with E-state index in [0.29, 0.717) is 5.92 Å². The van der Waals surface area contributed by atoms with Gasteiger partial charge in [-0.2, -0.15) is 0 Å². The number of anilines is 1. The minimum Gasteiger partial charge on any atom is -0.398 e. The lowest BCUT2D eigenvalue weighted by Crippen LogP contribution is -1.99. The van der Waals surface area contributed by atoms with Gasteiger partial charge in [0.2, 0.25) is 0 Å². The molecule has 2 nitrogen and oxygen atoms in total. The summed E-state index contributed by atoms with van der Waals surface area (Å²) in [7, 11) is 0. The topological polar surface area (TPSA) is 38.9 Å². The molecule has 0 unspecified atom stereocenters. The highest BCUT2D eigenvalue weighted by molar-refractivity contribution is 5.93. The van der Waals surface area contributed by atoms with Crippen LogP contribution in [0.2, 0.25) is 0 Å². The second kappa shape index (κ2) is 3.73. The minimum absolute atomic E-state index is 0.534. The van der Waals surface area contributed by atoms with Crippen molar-refractivity contribution in [2.24, 2.45) is 0 Å². The molecule has 0 atom stereocenters. The van der Waals surface area contributed by atoms with E-state index in [4.69, 9.17) is 10.7 Å². The summed E-state index contributed by atoms with van der Waals surface area (Å²) in [5, 5.41) is 1.14. The molecule has 2 N–H and O–H groups in total. The van der Waals surface area contributed by atoms with Crippen molar-refractivity contribution in [1.29, 1.82) is 0 Å². The molecule has 0 bridgehead atoms. The lowest BCUT2D eigenvalue weighted by Gasteiger charge is -2.11. The number of benzene rings is 1. The van der Waals surface area contributed by atoms with Crippen LogP contribution in [0.15, 0.2) is 18.2 Å². The molecule has 0 aliphatic heterocycles. The maximum atomic E-state index is 6.30. The molecular formula is C15H18N2. The maximum Gasteiger partial charge on any atom is 0.0726 e. The molecule has 1 aliphatic rings. The van der Waals surface area contributed by atoms with Crippen LogP contribution in [0.5, 0.6) is 0 Å². The van der Waals surface area contributed by atoms with Crippen molar-refractivity contribution >= 4 is 16.6 Å². The van der Waals surface area contributed by atoms with Gasteiger partial charge in [-0.3, -0.25) is 4.98 Å². The molecule has 17 heavy (non-hydrogen) atoms. The van der Waals surface area contributed by atoms with E-state index in [1.54, 1.807) is 0 Å². The zero-order chi connectivity index (χ0) is 12.0. The summed E-state index contributed by atoms with van der Waals surface area (Å²) in [6.45, 7) is 4.41. The van der Waals surface area contributed by atoms with Gasteiger partial charge in [0.25, 0.3) is 0 Å². The zero-order valence-electron chi connectivity index (χ0n) is 10.5. The number of nitrogen functional groups attached to an aromatic ring is 1. The van der Waals surface area contributed by atoms with Gasteiger partial charge in [-0.15, -0.1) is 0 Å². The molecule has 0 spiro atoms. The molecule has 0 fully saturated rings. The SMILES string of the molecule is CC(C)c1ccc2nc3c(c(N)c2c1)CCC3. The molecule has 1 aromatic carbocycles. The Balaban J connectivity index is 2.29. The van der Waals surface area contributed by atoms with Crippen molar-refractivity contribution in [2.75, 3.05) is 5.73 Å². The number of nitrogens with two attached hydrogens (primary N) is 1. The van der Waals surface area contributed by atoms with Gasteiger partial charge in [0.05, 0.1) is 5.52 Å². The zero-order valence-corrected chi connectivity index (χ0v) is 10.5. The largest absolute Gasteiger partial charge is 0.398 e. The Hall–Kier alpha value is -1.57. The number of rotatable bonds is 1. The van der Waals surface area contributed by atoms with Gasteiger partial charge in [0.15, 0.2) is 0 Å². The smallest absolute Gasteiger partial charge is 0.0726 e. The monoisotopic (exact) mass is 226 g/mol. The van der Waals surface area contributed by atoms with Gasteiger partial charge in [-0.1, -0.05) is 19.9 Å². The number of hydrogen-bond donors (Lipinski definition) is 1. The van der Waals surface area contributed by atoms with Crippen molar-refractivity contribution in [3.8, 4) is 0 Å². The highest BCUT2D eigenvalue weighted by Gasteiger charge is 2.18. The summed E-state index contributed by atoms with van der Waals surface area (Å²) in [6, 6.07) is 6.49. The van der Waals surface area contributed by atoms with Crippen molar-refractivity contribution < 1.29 is 0 Å². The molecular weight excluding hydrogens is 208 g/mol. The fraction of sp³-hybridized carbons (Fsp3) is 0.400. The van der Waals surface area contributed by atoms with Gasteiger partial charge >= 0.3 is 0 Å². The maximum absolute atomic E-state index is 6.30. The Labute approximate surface area is 102 Å². The molecule has 1 aliphatic carbocycles. The Kier molecular flexibility index (Phi) is 2.32. The first-order valence-electron chi connectivity index (χ1n) is 6.37. The Morgan fingerprint density at radius 2 is 2.06 bits per heavy atom. The van der Waals surface area contributed by atoms with E-state index in [2.05, 4.69) is 32.0 Å². The van der Waals surface area contributed by atoms with Crippen LogP contribution in [0.25, 0.3) is 10.9 Å². The first-order valence-corrected chi connectivity index (χ1v) is 6.37. The van der Waals surface area contributed by atoms with E-state index >= 15 is 0 Å². The van der Waals surface area contributed by atoms with Gasteiger partial charge in [-0.05, 0) is 48.4 Å². The quantitative estimate of drug-likeness (QED) is 0.809. The number of pyridine rings is 1. The third-order valence-electron chi connectivity index (χ3n) is 3.75. The molecule has 1 heterocycles. The summed E-state index contributed by atoms with van der Waals surface area (Å²) in [5.74, 6) is 0.534. The average molecular weight is 226 g/mol. The van der Waals surface area contributed by atoms with Crippen molar-refractivity contribution in [3.05, 3.63) is 35.0 Å². The van der Waals surface area contributed by atoms with Crippen LogP contribution in [0.4, 0.5) is 5.69 Å². The predicted molar refractivity (Wildman–Crippen MR) is 72.3 cm³/mol. The first kappa shape index (κ1) is 10.6. The predicted octanol–water partition coefficient (Wildman–Crippen LogP) is 3.43. The minimum atomic E-state index is 0.534. The summed E-state index contributed by atoms with van der Waals surface area (Å²) < 4.78 is 0. The lowest BCUT2D eigenvalue weighted by molar-refractivity contribution is 0.868. The summed E-state index contributed by atoms with van der Waals surface area (Å²) >= 11 is 0. The molecule has 2 heteroatoms. The molecule has 88 valence electrons. The Morgan fingerprint density at radius 3 is 2.82 bits per heavy atom. The summed E-state index contributed by atoms with van der Waals surface area (Å²) in [4.78, 5) is 4.74. The van der Waals surface area contributed by atoms with Gasteiger partial charge in [0.1, 0.15) is 0 Å². The van der Waals surface area contributed by atoms with Crippen LogP contribution >= 0.6 is 0 Å². The molecule has 0 saturated heterocycles.